The Hall–Kier alpha value is -6.58. The van der Waals surface area contributed by atoms with Crippen LogP contribution >= 0.6 is 0 Å². The monoisotopic (exact) mass is 1090 g/mol. The standard InChI is InChI=1S/3C22H21N.Ir/c3*1-3-22(4-2)19-10-6-5-9-17(19)18-13-12-16(15-20(18)22)21-11-7-8-14-23-21;/h3*5-15H,3-4H2,1-2H3;/q;;;+3. The average Bonchev–Trinajstić information content (AvgIpc) is 4.00. The molecule has 12 rings (SSSR count). The molecule has 0 N–H and O–H groups in total. The van der Waals surface area contributed by atoms with E-state index in [4.69, 9.17) is 0 Å². The van der Waals surface area contributed by atoms with Crippen molar-refractivity contribution >= 4 is 0 Å². The van der Waals surface area contributed by atoms with E-state index in [1.165, 1.54) is 83.5 Å². The number of pyridine rings is 3. The third kappa shape index (κ3) is 8.00. The van der Waals surface area contributed by atoms with Crippen LogP contribution in [0.5, 0.6) is 0 Å². The van der Waals surface area contributed by atoms with E-state index in [0.717, 1.165) is 55.6 Å². The molecule has 0 amide bonds. The van der Waals surface area contributed by atoms with E-state index in [0.29, 0.717) is 0 Å². The number of hydrogen-bond donors (Lipinski definition) is 0. The van der Waals surface area contributed by atoms with Gasteiger partial charge in [-0.2, -0.15) is 0 Å². The normalized spacial score (nSPS) is 14.1. The van der Waals surface area contributed by atoms with Gasteiger partial charge in [0.1, 0.15) is 0 Å². The summed E-state index contributed by atoms with van der Waals surface area (Å²) in [5.74, 6) is 0. The van der Waals surface area contributed by atoms with Crippen LogP contribution in [0.15, 0.2) is 201 Å². The molecular weight excluding hydrogens is 1030 g/mol. The minimum atomic E-state index is 0. The molecule has 0 saturated carbocycles. The molecular formula is C66H63IrN3+3. The van der Waals surface area contributed by atoms with Gasteiger partial charge in [0.25, 0.3) is 0 Å². The summed E-state index contributed by atoms with van der Waals surface area (Å²) in [4.78, 5) is 13.6. The van der Waals surface area contributed by atoms with Gasteiger partial charge in [-0.15, -0.1) is 0 Å². The summed E-state index contributed by atoms with van der Waals surface area (Å²) >= 11 is 0. The van der Waals surface area contributed by atoms with E-state index in [1.807, 2.05) is 36.8 Å². The summed E-state index contributed by atoms with van der Waals surface area (Å²) in [5, 5.41) is 0. The van der Waals surface area contributed by atoms with E-state index in [2.05, 4.69) is 220 Å². The van der Waals surface area contributed by atoms with Crippen molar-refractivity contribution in [3.63, 3.8) is 0 Å². The van der Waals surface area contributed by atoms with Crippen LogP contribution in [0.4, 0.5) is 0 Å². The zero-order valence-corrected chi connectivity index (χ0v) is 43.9. The van der Waals surface area contributed by atoms with Crippen LogP contribution in [-0.2, 0) is 36.4 Å². The topological polar surface area (TPSA) is 38.7 Å². The van der Waals surface area contributed by atoms with Crippen LogP contribution in [0.1, 0.15) is 113 Å². The smallest absolute Gasteiger partial charge is 0.256 e. The molecule has 348 valence electrons. The first-order chi connectivity index (χ1) is 33.9. The maximum absolute atomic E-state index is 4.52. The number of hydrogen-bond acceptors (Lipinski definition) is 3. The summed E-state index contributed by atoms with van der Waals surface area (Å²) in [6.07, 6.45) is 12.3. The van der Waals surface area contributed by atoms with Gasteiger partial charge in [-0.1, -0.05) is 169 Å². The molecule has 3 aromatic heterocycles. The van der Waals surface area contributed by atoms with Crippen LogP contribution in [0.25, 0.3) is 67.2 Å². The second kappa shape index (κ2) is 20.4. The summed E-state index contributed by atoms with van der Waals surface area (Å²) in [7, 11) is 0. The van der Waals surface area contributed by atoms with Gasteiger partial charge in [0.05, 0.1) is 17.1 Å². The fourth-order valence-corrected chi connectivity index (χ4v) is 12.5. The molecule has 0 atom stereocenters. The molecule has 3 heterocycles. The summed E-state index contributed by atoms with van der Waals surface area (Å²) in [6.45, 7) is 13.9. The number of nitrogens with zero attached hydrogens (tertiary/aromatic N) is 3. The molecule has 4 heteroatoms. The Morgan fingerprint density at radius 3 is 0.757 bits per heavy atom. The van der Waals surface area contributed by atoms with Crippen LogP contribution < -0.4 is 0 Å². The molecule has 0 spiro atoms. The molecule has 0 fully saturated rings. The number of fused-ring (bicyclic) bond motifs is 9. The average molecular weight is 1090 g/mol. The van der Waals surface area contributed by atoms with E-state index in [9.17, 15) is 0 Å². The van der Waals surface area contributed by atoms with Gasteiger partial charge in [0.2, 0.25) is 0 Å². The predicted molar refractivity (Wildman–Crippen MR) is 289 cm³/mol. The second-order valence-corrected chi connectivity index (χ2v) is 18.9. The maximum atomic E-state index is 4.52. The van der Waals surface area contributed by atoms with Crippen molar-refractivity contribution in [3.8, 4) is 67.2 Å². The van der Waals surface area contributed by atoms with Crippen molar-refractivity contribution in [3.05, 3.63) is 234 Å². The first-order valence-corrected chi connectivity index (χ1v) is 25.4. The molecule has 0 saturated heterocycles. The van der Waals surface area contributed by atoms with Crippen LogP contribution in [0.2, 0.25) is 0 Å². The zero-order valence-electron chi connectivity index (χ0n) is 41.5. The first kappa shape index (κ1) is 48.4. The maximum Gasteiger partial charge on any atom is 3.00 e. The van der Waals surface area contributed by atoms with Gasteiger partial charge in [-0.3, -0.25) is 15.0 Å². The third-order valence-corrected chi connectivity index (χ3v) is 16.3. The van der Waals surface area contributed by atoms with Gasteiger partial charge in [-0.05, 0) is 160 Å². The number of benzene rings is 6. The van der Waals surface area contributed by atoms with Gasteiger partial charge < -0.3 is 0 Å². The Labute approximate surface area is 429 Å². The van der Waals surface area contributed by atoms with Gasteiger partial charge in [-0.25, -0.2) is 0 Å². The van der Waals surface area contributed by atoms with Crippen LogP contribution in [0.3, 0.4) is 0 Å². The van der Waals surface area contributed by atoms with E-state index in [-0.39, 0.29) is 36.4 Å². The molecule has 3 nitrogen and oxygen atoms in total. The number of rotatable bonds is 9. The fraction of sp³-hybridized carbons (Fsp3) is 0.227. The van der Waals surface area contributed by atoms with Crippen molar-refractivity contribution in [2.24, 2.45) is 0 Å². The largest absolute Gasteiger partial charge is 3.00 e. The quantitative estimate of drug-likeness (QED) is 0.145. The Morgan fingerprint density at radius 1 is 0.271 bits per heavy atom. The molecule has 9 aromatic rings. The van der Waals surface area contributed by atoms with Crippen LogP contribution in [0, 0.1) is 0 Å². The van der Waals surface area contributed by atoms with E-state index >= 15 is 0 Å². The molecule has 6 aromatic carbocycles. The Kier molecular flexibility index (Phi) is 14.1. The van der Waals surface area contributed by atoms with Gasteiger partial charge >= 0.3 is 20.1 Å². The molecule has 0 unspecified atom stereocenters. The molecule has 70 heavy (non-hydrogen) atoms. The first-order valence-electron chi connectivity index (χ1n) is 25.4. The zero-order chi connectivity index (χ0) is 47.6. The minimum absolute atomic E-state index is 0. The summed E-state index contributed by atoms with van der Waals surface area (Å²) in [5.41, 5.74) is 24.4. The second-order valence-electron chi connectivity index (χ2n) is 18.9. The summed E-state index contributed by atoms with van der Waals surface area (Å²) in [6, 6.07) is 65.6. The molecule has 0 aliphatic heterocycles. The van der Waals surface area contributed by atoms with E-state index < -0.39 is 0 Å². The molecule has 3 aliphatic carbocycles. The van der Waals surface area contributed by atoms with Crippen LogP contribution in [-0.4, -0.2) is 15.0 Å². The van der Waals surface area contributed by atoms with Gasteiger partial charge in [0.15, 0.2) is 0 Å². The van der Waals surface area contributed by atoms with Crippen molar-refractivity contribution in [2.75, 3.05) is 0 Å². The Balaban J connectivity index is 0.000000129. The number of aromatic nitrogens is 3. The molecule has 0 radical (unpaired) electrons. The van der Waals surface area contributed by atoms with Crippen molar-refractivity contribution in [1.29, 1.82) is 0 Å². The third-order valence-electron chi connectivity index (χ3n) is 16.3. The van der Waals surface area contributed by atoms with Crippen molar-refractivity contribution in [1.82, 2.24) is 15.0 Å². The predicted octanol–water partition coefficient (Wildman–Crippen LogP) is 17.5. The van der Waals surface area contributed by atoms with Gasteiger partial charge in [0, 0.05) is 51.5 Å². The van der Waals surface area contributed by atoms with Crippen molar-refractivity contribution in [2.45, 2.75) is 96.3 Å². The molecule has 0 bridgehead atoms. The van der Waals surface area contributed by atoms with E-state index in [1.54, 1.807) is 0 Å². The summed E-state index contributed by atoms with van der Waals surface area (Å²) < 4.78 is 0. The minimum Gasteiger partial charge on any atom is -0.256 e. The SMILES string of the molecule is CCC1(CC)c2ccccc2-c2ccc(-c3ccccn3)cc21.CCC1(CC)c2ccccc2-c2ccc(-c3ccccn3)cc21.CCC1(CC)c2ccccc2-c2ccc(-c3ccccn3)cc21.[Ir+3]. The Bertz CT molecular complexity index is 2890. The molecule has 3 aliphatic rings. The van der Waals surface area contributed by atoms with Crippen molar-refractivity contribution < 1.29 is 20.1 Å². The Morgan fingerprint density at radius 2 is 0.514 bits per heavy atom. The fourth-order valence-electron chi connectivity index (χ4n) is 12.5.